The molecular weight excluding hydrogens is 302 g/mol. The van der Waals surface area contributed by atoms with Gasteiger partial charge in [-0.3, -0.25) is 4.90 Å². The lowest BCUT2D eigenvalue weighted by Gasteiger charge is -2.38. The van der Waals surface area contributed by atoms with Crippen LogP contribution in [0.2, 0.25) is 0 Å². The van der Waals surface area contributed by atoms with E-state index in [9.17, 15) is 0 Å². The number of likely N-dealkylation sites (tertiary alicyclic amines) is 1. The average Bonchev–Trinajstić information content (AvgIpc) is 2.53. The molecular formula is C19H31N3S. The lowest BCUT2D eigenvalue weighted by Crippen LogP contribution is -2.48. The number of rotatable bonds is 5. The number of piperidine rings is 1. The van der Waals surface area contributed by atoms with Crippen LogP contribution in [0.3, 0.4) is 0 Å². The summed E-state index contributed by atoms with van der Waals surface area (Å²) in [6, 6.07) is 9.71. The van der Waals surface area contributed by atoms with Crippen LogP contribution in [0.15, 0.2) is 24.3 Å². The van der Waals surface area contributed by atoms with Crippen molar-refractivity contribution in [2.45, 2.75) is 65.0 Å². The summed E-state index contributed by atoms with van der Waals surface area (Å²) in [4.78, 5) is 2.59. The minimum absolute atomic E-state index is 0.508. The van der Waals surface area contributed by atoms with E-state index >= 15 is 0 Å². The van der Waals surface area contributed by atoms with Crippen molar-refractivity contribution in [3.63, 3.8) is 0 Å². The van der Waals surface area contributed by atoms with E-state index in [1.807, 2.05) is 0 Å². The zero-order chi connectivity index (χ0) is 16.8. The van der Waals surface area contributed by atoms with Gasteiger partial charge in [-0.05, 0) is 69.1 Å². The van der Waals surface area contributed by atoms with Crippen molar-refractivity contribution in [3.8, 4) is 0 Å². The van der Waals surface area contributed by atoms with Crippen molar-refractivity contribution in [2.24, 2.45) is 0 Å². The van der Waals surface area contributed by atoms with E-state index in [2.05, 4.69) is 67.5 Å². The second-order valence-corrected chi connectivity index (χ2v) is 7.45. The fourth-order valence-corrected chi connectivity index (χ4v) is 3.46. The minimum Gasteiger partial charge on any atom is -0.361 e. The quantitative estimate of drug-likeness (QED) is 0.783. The third kappa shape index (κ3) is 5.47. The SMILES string of the molecule is CC(C)c1ccc(NC(=S)NC[C@@H](C)N2CCCC[C@H]2C)cc1. The molecule has 2 rings (SSSR count). The Labute approximate surface area is 146 Å². The molecule has 1 fully saturated rings. The summed E-state index contributed by atoms with van der Waals surface area (Å²) in [6.45, 7) is 11.1. The van der Waals surface area contributed by atoms with Gasteiger partial charge in [-0.2, -0.15) is 0 Å². The van der Waals surface area contributed by atoms with Crippen molar-refractivity contribution in [1.82, 2.24) is 10.2 Å². The third-order valence-electron chi connectivity index (χ3n) is 4.81. The van der Waals surface area contributed by atoms with Crippen LogP contribution in [0.1, 0.15) is 58.4 Å². The molecule has 2 N–H and O–H groups in total. The standard InChI is InChI=1S/C19H31N3S/c1-14(2)17-8-10-18(11-9-17)21-19(23)20-13-16(4)22-12-6-5-7-15(22)3/h8-11,14-16H,5-7,12-13H2,1-4H3,(H2,20,21,23)/t15-,16-/m1/s1. The zero-order valence-electron chi connectivity index (χ0n) is 14.9. The van der Waals surface area contributed by atoms with Gasteiger partial charge in [-0.1, -0.05) is 32.4 Å². The molecule has 1 aromatic carbocycles. The first-order chi connectivity index (χ1) is 11.0. The van der Waals surface area contributed by atoms with Gasteiger partial charge in [0, 0.05) is 24.3 Å². The number of nitrogens with zero attached hydrogens (tertiary/aromatic N) is 1. The second-order valence-electron chi connectivity index (χ2n) is 7.04. The normalized spacial score (nSPS) is 20.3. The van der Waals surface area contributed by atoms with Crippen molar-refractivity contribution < 1.29 is 0 Å². The van der Waals surface area contributed by atoms with E-state index in [4.69, 9.17) is 12.2 Å². The first-order valence-corrected chi connectivity index (χ1v) is 9.28. The van der Waals surface area contributed by atoms with Crippen molar-refractivity contribution in [1.29, 1.82) is 0 Å². The Balaban J connectivity index is 1.78. The molecule has 0 bridgehead atoms. The fourth-order valence-electron chi connectivity index (χ4n) is 3.26. The molecule has 1 aliphatic rings. The molecule has 3 nitrogen and oxygen atoms in total. The second kappa shape index (κ2) is 8.65. The van der Waals surface area contributed by atoms with E-state index in [-0.39, 0.29) is 0 Å². The van der Waals surface area contributed by atoms with Crippen molar-refractivity contribution in [2.75, 3.05) is 18.4 Å². The topological polar surface area (TPSA) is 27.3 Å². The Morgan fingerprint density at radius 2 is 1.91 bits per heavy atom. The van der Waals surface area contributed by atoms with Crippen LogP contribution in [-0.2, 0) is 0 Å². The molecule has 128 valence electrons. The first-order valence-electron chi connectivity index (χ1n) is 8.88. The van der Waals surface area contributed by atoms with Crippen molar-refractivity contribution >= 4 is 23.0 Å². The number of nitrogens with one attached hydrogen (secondary N) is 2. The lowest BCUT2D eigenvalue weighted by molar-refractivity contribution is 0.116. The molecule has 4 heteroatoms. The summed E-state index contributed by atoms with van der Waals surface area (Å²) < 4.78 is 0. The highest BCUT2D eigenvalue weighted by Crippen LogP contribution is 2.19. The van der Waals surface area contributed by atoms with E-state index in [0.29, 0.717) is 23.1 Å². The molecule has 0 aromatic heterocycles. The molecule has 0 spiro atoms. The van der Waals surface area contributed by atoms with Gasteiger partial charge in [0.05, 0.1) is 0 Å². The summed E-state index contributed by atoms with van der Waals surface area (Å²) in [6.07, 6.45) is 4.00. The minimum atomic E-state index is 0.508. The highest BCUT2D eigenvalue weighted by Gasteiger charge is 2.22. The molecule has 1 aromatic rings. The fraction of sp³-hybridized carbons (Fsp3) is 0.632. The van der Waals surface area contributed by atoms with Gasteiger partial charge in [0.25, 0.3) is 0 Å². The van der Waals surface area contributed by atoms with E-state index in [1.165, 1.54) is 31.4 Å². The Hall–Kier alpha value is -1.13. The highest BCUT2D eigenvalue weighted by atomic mass is 32.1. The molecule has 23 heavy (non-hydrogen) atoms. The van der Waals surface area contributed by atoms with Crippen LogP contribution in [0, 0.1) is 0 Å². The number of hydrogen-bond donors (Lipinski definition) is 2. The summed E-state index contributed by atoms with van der Waals surface area (Å²) >= 11 is 5.43. The molecule has 1 saturated heterocycles. The summed E-state index contributed by atoms with van der Waals surface area (Å²) in [5, 5.41) is 7.35. The van der Waals surface area contributed by atoms with Crippen LogP contribution < -0.4 is 10.6 Å². The van der Waals surface area contributed by atoms with Gasteiger partial charge in [0.15, 0.2) is 5.11 Å². The Morgan fingerprint density at radius 3 is 2.52 bits per heavy atom. The summed E-state index contributed by atoms with van der Waals surface area (Å²) in [5.74, 6) is 0.557. The molecule has 1 aliphatic heterocycles. The van der Waals surface area contributed by atoms with Crippen LogP contribution >= 0.6 is 12.2 Å². The monoisotopic (exact) mass is 333 g/mol. The largest absolute Gasteiger partial charge is 0.361 e. The van der Waals surface area contributed by atoms with Crippen LogP contribution in [-0.4, -0.2) is 35.2 Å². The van der Waals surface area contributed by atoms with Gasteiger partial charge < -0.3 is 10.6 Å². The molecule has 1 heterocycles. The maximum atomic E-state index is 5.43. The molecule has 0 aliphatic carbocycles. The summed E-state index contributed by atoms with van der Waals surface area (Å²) in [7, 11) is 0. The molecule has 0 unspecified atom stereocenters. The molecule has 0 amide bonds. The third-order valence-corrected chi connectivity index (χ3v) is 5.06. The Bertz CT molecular complexity index is 498. The van der Waals surface area contributed by atoms with Crippen LogP contribution in [0.4, 0.5) is 5.69 Å². The highest BCUT2D eigenvalue weighted by molar-refractivity contribution is 7.80. The van der Waals surface area contributed by atoms with Crippen molar-refractivity contribution in [3.05, 3.63) is 29.8 Å². The maximum Gasteiger partial charge on any atom is 0.170 e. The number of hydrogen-bond acceptors (Lipinski definition) is 2. The summed E-state index contributed by atoms with van der Waals surface area (Å²) in [5.41, 5.74) is 2.40. The zero-order valence-corrected chi connectivity index (χ0v) is 15.7. The van der Waals surface area contributed by atoms with E-state index in [1.54, 1.807) is 0 Å². The maximum absolute atomic E-state index is 5.43. The average molecular weight is 334 g/mol. The first kappa shape index (κ1) is 18.2. The molecule has 2 atom stereocenters. The Morgan fingerprint density at radius 1 is 1.22 bits per heavy atom. The molecule has 0 radical (unpaired) electrons. The molecule has 0 saturated carbocycles. The van der Waals surface area contributed by atoms with E-state index < -0.39 is 0 Å². The predicted molar refractivity (Wildman–Crippen MR) is 104 cm³/mol. The number of anilines is 1. The van der Waals surface area contributed by atoms with Gasteiger partial charge in [-0.25, -0.2) is 0 Å². The van der Waals surface area contributed by atoms with Crippen LogP contribution in [0.5, 0.6) is 0 Å². The predicted octanol–water partition coefficient (Wildman–Crippen LogP) is 4.36. The lowest BCUT2D eigenvalue weighted by atomic mass is 10.0. The smallest absolute Gasteiger partial charge is 0.170 e. The number of thiocarbonyl (C=S) groups is 1. The van der Waals surface area contributed by atoms with Gasteiger partial charge in [-0.15, -0.1) is 0 Å². The van der Waals surface area contributed by atoms with Gasteiger partial charge in [0.2, 0.25) is 0 Å². The van der Waals surface area contributed by atoms with Gasteiger partial charge >= 0.3 is 0 Å². The van der Waals surface area contributed by atoms with Crippen LogP contribution in [0.25, 0.3) is 0 Å². The Kier molecular flexibility index (Phi) is 6.85. The van der Waals surface area contributed by atoms with Gasteiger partial charge in [0.1, 0.15) is 0 Å². The number of benzene rings is 1. The van der Waals surface area contributed by atoms with E-state index in [0.717, 1.165) is 12.2 Å².